The van der Waals surface area contributed by atoms with Crippen molar-refractivity contribution in [2.75, 3.05) is 0 Å². The van der Waals surface area contributed by atoms with Gasteiger partial charge in [0.2, 0.25) is 0 Å². The van der Waals surface area contributed by atoms with Crippen LogP contribution in [0, 0.1) is 20.3 Å². The van der Waals surface area contributed by atoms with Crippen molar-refractivity contribution >= 4 is 5.65 Å². The van der Waals surface area contributed by atoms with Gasteiger partial charge in [0.1, 0.15) is 6.33 Å². The molecule has 0 saturated carbocycles. The van der Waals surface area contributed by atoms with Gasteiger partial charge in [0.05, 0.1) is 0 Å². The fraction of sp³-hybridized carbons (Fsp3) is 0.385. The minimum absolute atomic E-state index is 0. The minimum atomic E-state index is 0. The van der Waals surface area contributed by atoms with E-state index in [2.05, 4.69) is 37.9 Å². The van der Waals surface area contributed by atoms with Crippen LogP contribution in [0.1, 0.15) is 27.7 Å². The van der Waals surface area contributed by atoms with Gasteiger partial charge in [-0.15, -0.1) is 10.2 Å². The van der Waals surface area contributed by atoms with Crippen LogP contribution in [0.4, 0.5) is 0 Å². The predicted octanol–water partition coefficient (Wildman–Crippen LogP) is 3.68. The van der Waals surface area contributed by atoms with Gasteiger partial charge in [-0.2, -0.15) is 0 Å². The van der Waals surface area contributed by atoms with E-state index in [0.717, 1.165) is 5.65 Å². The average molecular weight is 675 g/mol. The van der Waals surface area contributed by atoms with Gasteiger partial charge in [0.25, 0.3) is 0 Å². The molecule has 0 aromatic carbocycles. The topological polar surface area (TPSA) is 30.2 Å². The molecule has 0 aliphatic heterocycles. The quantitative estimate of drug-likeness (QED) is 0.400. The van der Waals surface area contributed by atoms with Crippen LogP contribution >= 0.6 is 0 Å². The Morgan fingerprint density at radius 2 is 1.56 bits per heavy atom. The van der Waals surface area contributed by atoms with Crippen molar-refractivity contribution in [3.63, 3.8) is 0 Å². The molecule has 5 heteroatoms. The largest absolute Gasteiger partial charge is 0.358 e. The van der Waals surface area contributed by atoms with E-state index in [1.165, 1.54) is 0 Å². The number of pyridine rings is 1. The molecule has 0 aliphatic carbocycles. The third-order valence-electron chi connectivity index (χ3n) is 1.20. The summed E-state index contributed by atoms with van der Waals surface area (Å²) < 4.78 is 1.86. The number of hydrogen-bond donors (Lipinski definition) is 0. The summed E-state index contributed by atoms with van der Waals surface area (Å²) in [6, 6.07) is 5.79. The molecule has 2 rings (SSSR count). The monoisotopic (exact) mass is 675 g/mol. The van der Waals surface area contributed by atoms with E-state index in [0.29, 0.717) is 5.41 Å². The number of rotatable bonds is 0. The Hall–Kier alpha value is -1.72. The molecule has 0 N–H and O–H groups in total. The molecule has 0 fully saturated rings. The van der Waals surface area contributed by atoms with E-state index in [-0.39, 0.29) is 35.3 Å². The molecule has 0 unspecified atom stereocenters. The summed E-state index contributed by atoms with van der Waals surface area (Å²) in [5, 5.41) is 7.55. The van der Waals surface area contributed by atoms with Crippen molar-refractivity contribution in [1.29, 1.82) is 0 Å². The second kappa shape index (κ2) is 10.4. The maximum absolute atomic E-state index is 3.83. The first-order chi connectivity index (χ1) is 6.47. The van der Waals surface area contributed by atoms with Crippen LogP contribution in [-0.2, 0) is 20.4 Å². The smallest absolute Gasteiger partial charge is 0.160 e. The Morgan fingerprint density at radius 3 is 2.00 bits per heavy atom. The van der Waals surface area contributed by atoms with E-state index in [1.54, 1.807) is 6.33 Å². The fourth-order valence-electron chi connectivity index (χ4n) is 0.770. The van der Waals surface area contributed by atoms with Gasteiger partial charge in [-0.1, -0.05) is 33.8 Å². The normalized spacial score (nSPS) is 8.44. The van der Waals surface area contributed by atoms with Crippen LogP contribution in [0.2, 0.25) is 0 Å². The summed E-state index contributed by atoms with van der Waals surface area (Å²) in [7, 11) is 0. The zero-order chi connectivity index (χ0) is 10.6. The zero-order valence-corrected chi connectivity index (χ0v) is 21.4. The molecule has 0 bridgehead atoms. The summed E-state index contributed by atoms with van der Waals surface area (Å²) in [6.45, 7) is 8.75. The predicted molar refractivity (Wildman–Crippen MR) is 70.9 cm³/mol. The Kier molecular flexibility index (Phi) is 14.6. The minimum Gasteiger partial charge on any atom is -0.358 e. The second-order valence-electron chi connectivity index (χ2n) is 4.80. The maximum Gasteiger partial charge on any atom is 0.160 e. The van der Waals surface area contributed by atoms with Gasteiger partial charge < -0.3 is 14.9 Å². The fourth-order valence-corrected chi connectivity index (χ4v) is 0.770. The molecule has 0 atom stereocenters. The van der Waals surface area contributed by atoms with E-state index >= 15 is 0 Å². The van der Waals surface area contributed by atoms with Gasteiger partial charge in [-0.3, -0.25) is 4.40 Å². The third kappa shape index (κ3) is 10.8. The number of fused-ring (bicyclic) bond motifs is 1. The van der Waals surface area contributed by atoms with Crippen molar-refractivity contribution in [3.05, 3.63) is 45.6 Å². The Balaban J connectivity index is -0.0000000993. The molecule has 0 saturated heterocycles. The van der Waals surface area contributed by atoms with Crippen molar-refractivity contribution < 1.29 is 20.4 Å². The Morgan fingerprint density at radius 1 is 1.06 bits per heavy atom. The molecule has 3 nitrogen and oxygen atoms in total. The standard InChI is InChI=1S/C6H5N3.C5H12.2CH3.Re.Rf/c1-2-4-9-5-7-8-6(9)3-1;1-5(2,3)4;;;;/h1-5H;1-4H3;2*1H3;;/q;;2*-1;;. The van der Waals surface area contributed by atoms with E-state index < -0.39 is 0 Å². The summed E-state index contributed by atoms with van der Waals surface area (Å²) >= 11 is 0. The number of aromatic nitrogens is 3. The number of hydrogen-bond acceptors (Lipinski definition) is 2. The van der Waals surface area contributed by atoms with Crippen LogP contribution in [0.3, 0.4) is 0 Å². The van der Waals surface area contributed by atoms with E-state index in [1.807, 2.05) is 28.8 Å². The molecule has 1 radical (unpaired) electrons. The molecule has 101 valence electrons. The van der Waals surface area contributed by atoms with Gasteiger partial charge in [-0.25, -0.2) is 0 Å². The van der Waals surface area contributed by atoms with Gasteiger partial charge >= 0.3 is 0 Å². The Labute approximate surface area is 119 Å². The summed E-state index contributed by atoms with van der Waals surface area (Å²) in [4.78, 5) is 0. The molecule has 0 amide bonds. The maximum atomic E-state index is 3.83. The third-order valence-corrected chi connectivity index (χ3v) is 1.20. The first-order valence-corrected chi connectivity index (χ1v) is 4.71. The Bertz CT molecular complexity index is 360. The SMILES string of the molecule is CC(C)(C)C.[CH3-].[CH3-].[Re].[Rf].c1ccn2cnnc2c1. The van der Waals surface area contributed by atoms with Crippen molar-refractivity contribution in [1.82, 2.24) is 14.6 Å². The summed E-state index contributed by atoms with van der Waals surface area (Å²) in [6.07, 6.45) is 3.59. The van der Waals surface area contributed by atoms with Crippen LogP contribution in [0.5, 0.6) is 0 Å². The van der Waals surface area contributed by atoms with Gasteiger partial charge in [-0.05, 0) is 17.5 Å². The molecule has 0 aliphatic rings. The first-order valence-electron chi connectivity index (χ1n) is 4.71. The number of nitrogens with zero attached hydrogens (tertiary/aromatic N) is 3. The molecular formula is C13H23N3ReRf-2. The van der Waals surface area contributed by atoms with Crippen molar-refractivity contribution in [2.24, 2.45) is 5.41 Å². The van der Waals surface area contributed by atoms with Gasteiger partial charge in [0, 0.05) is 26.6 Å². The van der Waals surface area contributed by atoms with Crippen molar-refractivity contribution in [3.8, 4) is 0 Å². The van der Waals surface area contributed by atoms with Crippen LogP contribution in [0.15, 0.2) is 30.7 Å². The van der Waals surface area contributed by atoms with Gasteiger partial charge in [0.15, 0.2) is 5.65 Å². The van der Waals surface area contributed by atoms with Crippen LogP contribution in [-0.4, -0.2) is 14.6 Å². The molecule has 18 heavy (non-hydrogen) atoms. The van der Waals surface area contributed by atoms with Crippen LogP contribution < -0.4 is 0 Å². The molecule has 2 heterocycles. The van der Waals surface area contributed by atoms with Crippen molar-refractivity contribution in [2.45, 2.75) is 27.7 Å². The molecule has 2 aromatic heterocycles. The zero-order valence-electron chi connectivity index (χ0n) is 12.3. The first kappa shape index (κ1) is 25.2. The molecular weight excluding hydrogens is 651 g/mol. The van der Waals surface area contributed by atoms with E-state index in [4.69, 9.17) is 0 Å². The van der Waals surface area contributed by atoms with Crippen LogP contribution in [0.25, 0.3) is 5.65 Å². The second-order valence-corrected chi connectivity index (χ2v) is 4.80. The average Bonchev–Trinajstić information content (AvgIpc) is 2.47. The summed E-state index contributed by atoms with van der Waals surface area (Å²) in [5.41, 5.74) is 1.39. The summed E-state index contributed by atoms with van der Waals surface area (Å²) in [5.74, 6) is 0. The molecule has 2 aromatic rings. The van der Waals surface area contributed by atoms with E-state index in [9.17, 15) is 0 Å². The molecule has 0 spiro atoms.